The van der Waals surface area contributed by atoms with E-state index in [1.54, 1.807) is 24.4 Å². The molecular formula is C16H14BrFN4. The molecule has 0 N–H and O–H groups in total. The molecule has 2 heterocycles. The minimum atomic E-state index is -0.199. The Labute approximate surface area is 136 Å². The monoisotopic (exact) mass is 360 g/mol. The van der Waals surface area contributed by atoms with Crippen LogP contribution in [0.2, 0.25) is 0 Å². The maximum atomic E-state index is 13.8. The summed E-state index contributed by atoms with van der Waals surface area (Å²) >= 11 is 3.33. The van der Waals surface area contributed by atoms with Gasteiger partial charge in [-0.2, -0.15) is 5.26 Å². The highest BCUT2D eigenvalue weighted by Gasteiger charge is 2.22. The summed E-state index contributed by atoms with van der Waals surface area (Å²) < 4.78 is 14.6. The third kappa shape index (κ3) is 2.90. The summed E-state index contributed by atoms with van der Waals surface area (Å²) in [6.07, 6.45) is 1.69. The summed E-state index contributed by atoms with van der Waals surface area (Å²) in [5.41, 5.74) is 1.18. The van der Waals surface area contributed by atoms with Gasteiger partial charge in [0.25, 0.3) is 0 Å². The highest BCUT2D eigenvalue weighted by Crippen LogP contribution is 2.25. The summed E-state index contributed by atoms with van der Waals surface area (Å²) in [6, 6.07) is 10.8. The maximum Gasteiger partial charge on any atom is 0.146 e. The molecule has 0 aliphatic carbocycles. The number of benzene rings is 1. The molecule has 112 valence electrons. The number of nitriles is 1. The highest BCUT2D eigenvalue weighted by molar-refractivity contribution is 9.10. The van der Waals surface area contributed by atoms with E-state index >= 15 is 0 Å². The topological polar surface area (TPSA) is 43.2 Å². The van der Waals surface area contributed by atoms with Gasteiger partial charge in [0.15, 0.2) is 0 Å². The van der Waals surface area contributed by atoms with Crippen molar-refractivity contribution in [2.75, 3.05) is 36.0 Å². The Hall–Kier alpha value is -2.13. The molecule has 3 rings (SSSR count). The van der Waals surface area contributed by atoms with Crippen LogP contribution in [0.4, 0.5) is 15.9 Å². The lowest BCUT2D eigenvalue weighted by Gasteiger charge is -2.37. The van der Waals surface area contributed by atoms with Gasteiger partial charge < -0.3 is 9.80 Å². The number of aromatic nitrogens is 1. The van der Waals surface area contributed by atoms with Crippen molar-refractivity contribution in [3.63, 3.8) is 0 Å². The van der Waals surface area contributed by atoms with E-state index < -0.39 is 0 Å². The molecule has 0 saturated carbocycles. The van der Waals surface area contributed by atoms with Crippen molar-refractivity contribution in [2.45, 2.75) is 0 Å². The molecule has 0 radical (unpaired) electrons. The molecule has 1 fully saturated rings. The van der Waals surface area contributed by atoms with Gasteiger partial charge in [0, 0.05) is 36.8 Å². The molecule has 1 saturated heterocycles. The van der Waals surface area contributed by atoms with Crippen LogP contribution in [-0.2, 0) is 0 Å². The van der Waals surface area contributed by atoms with E-state index in [2.05, 4.69) is 31.9 Å². The number of halogens is 2. The van der Waals surface area contributed by atoms with Crippen LogP contribution < -0.4 is 9.80 Å². The van der Waals surface area contributed by atoms with E-state index in [0.29, 0.717) is 43.2 Å². The molecule has 4 nitrogen and oxygen atoms in total. The molecule has 0 atom stereocenters. The second-order valence-electron chi connectivity index (χ2n) is 5.06. The lowest BCUT2D eigenvalue weighted by Crippen LogP contribution is -2.47. The predicted octanol–water partition coefficient (Wildman–Crippen LogP) is 3.18. The van der Waals surface area contributed by atoms with E-state index in [1.807, 2.05) is 11.0 Å². The number of piperazine rings is 1. The Bertz CT molecular complexity index is 720. The van der Waals surface area contributed by atoms with Gasteiger partial charge in [-0.3, -0.25) is 0 Å². The highest BCUT2D eigenvalue weighted by atomic mass is 79.9. The van der Waals surface area contributed by atoms with Crippen LogP contribution in [0.3, 0.4) is 0 Å². The van der Waals surface area contributed by atoms with Crippen molar-refractivity contribution in [3.8, 4) is 6.07 Å². The fraction of sp³-hybridized carbons (Fsp3) is 0.250. The minimum absolute atomic E-state index is 0.199. The Morgan fingerprint density at radius 1 is 1.14 bits per heavy atom. The molecule has 1 aliphatic rings. The normalized spacial score (nSPS) is 14.8. The van der Waals surface area contributed by atoms with Crippen LogP contribution in [0.1, 0.15) is 5.56 Å². The van der Waals surface area contributed by atoms with Crippen molar-refractivity contribution in [3.05, 3.63) is 52.4 Å². The molecule has 0 unspecified atom stereocenters. The third-order valence-corrected chi connectivity index (χ3v) is 4.16. The van der Waals surface area contributed by atoms with Crippen LogP contribution in [0.25, 0.3) is 0 Å². The molecule has 1 aliphatic heterocycles. The Morgan fingerprint density at radius 3 is 2.50 bits per heavy atom. The minimum Gasteiger partial charge on any atom is -0.366 e. The van der Waals surface area contributed by atoms with Crippen molar-refractivity contribution in [2.24, 2.45) is 0 Å². The average molecular weight is 361 g/mol. The zero-order valence-corrected chi connectivity index (χ0v) is 13.4. The van der Waals surface area contributed by atoms with Crippen LogP contribution in [0.5, 0.6) is 0 Å². The van der Waals surface area contributed by atoms with E-state index in [1.165, 1.54) is 6.07 Å². The number of rotatable bonds is 2. The van der Waals surface area contributed by atoms with Crippen LogP contribution in [-0.4, -0.2) is 31.2 Å². The molecule has 0 amide bonds. The average Bonchev–Trinajstić information content (AvgIpc) is 2.55. The van der Waals surface area contributed by atoms with Crippen LogP contribution in [0.15, 0.2) is 41.0 Å². The van der Waals surface area contributed by atoms with E-state index in [4.69, 9.17) is 0 Å². The smallest absolute Gasteiger partial charge is 0.146 e. The standard InChI is InChI=1S/C16H14BrFN4/c17-13-9-12(10-19)16(20-11-13)22-7-5-21(6-8-22)15-4-2-1-3-14(15)18/h1-4,9,11H,5-8H2. The number of pyridine rings is 1. The quantitative estimate of drug-likeness (QED) is 0.824. The van der Waals surface area contributed by atoms with E-state index in [-0.39, 0.29) is 5.82 Å². The zero-order chi connectivity index (χ0) is 15.5. The second-order valence-corrected chi connectivity index (χ2v) is 5.98. The maximum absolute atomic E-state index is 13.8. The molecule has 2 aromatic rings. The Morgan fingerprint density at radius 2 is 1.82 bits per heavy atom. The van der Waals surface area contributed by atoms with E-state index in [0.717, 1.165) is 4.47 Å². The molecule has 0 bridgehead atoms. The molecule has 6 heteroatoms. The molecule has 22 heavy (non-hydrogen) atoms. The summed E-state index contributed by atoms with van der Waals surface area (Å²) in [6.45, 7) is 2.81. The van der Waals surface area contributed by atoms with Crippen molar-refractivity contribution in [1.82, 2.24) is 4.98 Å². The second kappa shape index (κ2) is 6.32. The number of hydrogen-bond donors (Lipinski definition) is 0. The van der Waals surface area contributed by atoms with E-state index in [9.17, 15) is 9.65 Å². The number of anilines is 2. The number of nitrogens with zero attached hydrogens (tertiary/aromatic N) is 4. The third-order valence-electron chi connectivity index (χ3n) is 3.73. The fourth-order valence-electron chi connectivity index (χ4n) is 2.63. The number of hydrogen-bond acceptors (Lipinski definition) is 4. The largest absolute Gasteiger partial charge is 0.366 e. The first-order valence-electron chi connectivity index (χ1n) is 6.99. The van der Waals surface area contributed by atoms with Gasteiger partial charge in [0.05, 0.1) is 11.3 Å². The van der Waals surface area contributed by atoms with Crippen LogP contribution >= 0.6 is 15.9 Å². The van der Waals surface area contributed by atoms with Gasteiger partial charge in [-0.1, -0.05) is 12.1 Å². The van der Waals surface area contributed by atoms with Gasteiger partial charge >= 0.3 is 0 Å². The lowest BCUT2D eigenvalue weighted by atomic mass is 10.2. The Balaban J connectivity index is 1.75. The summed E-state index contributed by atoms with van der Waals surface area (Å²) in [5, 5.41) is 9.24. The van der Waals surface area contributed by atoms with Crippen molar-refractivity contribution < 1.29 is 4.39 Å². The summed E-state index contributed by atoms with van der Waals surface area (Å²) in [7, 11) is 0. The summed E-state index contributed by atoms with van der Waals surface area (Å²) in [5.74, 6) is 0.495. The first kappa shape index (κ1) is 14.8. The lowest BCUT2D eigenvalue weighted by molar-refractivity contribution is 0.596. The Kier molecular flexibility index (Phi) is 4.25. The van der Waals surface area contributed by atoms with Gasteiger partial charge in [-0.25, -0.2) is 9.37 Å². The molecular weight excluding hydrogens is 347 g/mol. The molecule has 1 aromatic carbocycles. The molecule has 1 aromatic heterocycles. The SMILES string of the molecule is N#Cc1cc(Br)cnc1N1CCN(c2ccccc2F)CC1. The zero-order valence-electron chi connectivity index (χ0n) is 11.8. The van der Waals surface area contributed by atoms with Gasteiger partial charge in [0.2, 0.25) is 0 Å². The predicted molar refractivity (Wildman–Crippen MR) is 87.5 cm³/mol. The fourth-order valence-corrected chi connectivity index (χ4v) is 2.96. The van der Waals surface area contributed by atoms with Crippen molar-refractivity contribution in [1.29, 1.82) is 5.26 Å². The van der Waals surface area contributed by atoms with Crippen molar-refractivity contribution >= 4 is 27.4 Å². The summed E-state index contributed by atoms with van der Waals surface area (Å²) in [4.78, 5) is 8.45. The van der Waals surface area contributed by atoms with Gasteiger partial charge in [0.1, 0.15) is 17.7 Å². The molecule has 0 spiro atoms. The first-order chi connectivity index (χ1) is 10.7. The van der Waals surface area contributed by atoms with Gasteiger partial charge in [-0.15, -0.1) is 0 Å². The number of para-hydroxylation sites is 1. The van der Waals surface area contributed by atoms with Crippen LogP contribution in [0, 0.1) is 17.1 Å². The first-order valence-corrected chi connectivity index (χ1v) is 7.78. The van der Waals surface area contributed by atoms with Gasteiger partial charge in [-0.05, 0) is 34.1 Å².